The van der Waals surface area contributed by atoms with Crippen LogP contribution in [0.25, 0.3) is 0 Å². The first-order chi connectivity index (χ1) is 7.29. The third-order valence-corrected chi connectivity index (χ3v) is 2.69. The van der Waals surface area contributed by atoms with E-state index < -0.39 is 0 Å². The minimum Gasteiger partial charge on any atom is -0.479 e. The second kappa shape index (κ2) is 4.77. The molecule has 1 aliphatic heterocycles. The number of halogens is 1. The summed E-state index contributed by atoms with van der Waals surface area (Å²) in [5.41, 5.74) is 0.854. The highest BCUT2D eigenvalue weighted by atomic mass is 35.5. The van der Waals surface area contributed by atoms with Gasteiger partial charge in [0, 0.05) is 13.0 Å². The fraction of sp³-hybridized carbons (Fsp3) is 0.600. The standard InChI is InChI=1S/C10H13ClN2O2/c1-14-10-9(11)6-7(12-13-10)5-8-3-2-4-15-8/h6,8H,2-5H2,1H3. The molecule has 15 heavy (non-hydrogen) atoms. The maximum Gasteiger partial charge on any atom is 0.252 e. The van der Waals surface area contributed by atoms with Crippen LogP contribution in [0.15, 0.2) is 6.07 Å². The van der Waals surface area contributed by atoms with Gasteiger partial charge in [-0.25, -0.2) is 0 Å². The highest BCUT2D eigenvalue weighted by Crippen LogP contribution is 2.22. The van der Waals surface area contributed by atoms with Gasteiger partial charge in [-0.15, -0.1) is 5.10 Å². The van der Waals surface area contributed by atoms with Crippen molar-refractivity contribution in [3.63, 3.8) is 0 Å². The summed E-state index contributed by atoms with van der Waals surface area (Å²) in [4.78, 5) is 0. The number of aromatic nitrogens is 2. The second-order valence-electron chi connectivity index (χ2n) is 3.53. The molecular weight excluding hydrogens is 216 g/mol. The van der Waals surface area contributed by atoms with Gasteiger partial charge in [0.1, 0.15) is 5.02 Å². The zero-order chi connectivity index (χ0) is 10.7. The van der Waals surface area contributed by atoms with Crippen LogP contribution >= 0.6 is 11.6 Å². The smallest absolute Gasteiger partial charge is 0.252 e. The fourth-order valence-electron chi connectivity index (χ4n) is 1.67. The van der Waals surface area contributed by atoms with Gasteiger partial charge < -0.3 is 9.47 Å². The van der Waals surface area contributed by atoms with Gasteiger partial charge in [-0.2, -0.15) is 5.10 Å². The van der Waals surface area contributed by atoms with Crippen molar-refractivity contribution in [1.29, 1.82) is 0 Å². The van der Waals surface area contributed by atoms with Gasteiger partial charge in [0.25, 0.3) is 5.88 Å². The van der Waals surface area contributed by atoms with Crippen LogP contribution in [-0.2, 0) is 11.2 Å². The Morgan fingerprint density at radius 1 is 1.60 bits per heavy atom. The SMILES string of the molecule is COc1nnc(CC2CCCO2)cc1Cl. The molecule has 82 valence electrons. The predicted molar refractivity (Wildman–Crippen MR) is 56.3 cm³/mol. The number of rotatable bonds is 3. The molecule has 0 amide bonds. The van der Waals surface area contributed by atoms with Crippen LogP contribution in [0.2, 0.25) is 5.02 Å². The van der Waals surface area contributed by atoms with Gasteiger partial charge >= 0.3 is 0 Å². The third kappa shape index (κ3) is 2.58. The Morgan fingerprint density at radius 3 is 3.07 bits per heavy atom. The summed E-state index contributed by atoms with van der Waals surface area (Å²) < 4.78 is 10.4. The monoisotopic (exact) mass is 228 g/mol. The average molecular weight is 229 g/mol. The van der Waals surface area contributed by atoms with Gasteiger partial charge in [-0.3, -0.25) is 0 Å². The van der Waals surface area contributed by atoms with Crippen molar-refractivity contribution in [1.82, 2.24) is 10.2 Å². The molecule has 1 aromatic heterocycles. The maximum absolute atomic E-state index is 5.95. The molecule has 0 radical (unpaired) electrons. The van der Waals surface area contributed by atoms with Crippen molar-refractivity contribution in [3.05, 3.63) is 16.8 Å². The van der Waals surface area contributed by atoms with E-state index in [0.717, 1.165) is 31.6 Å². The fourth-order valence-corrected chi connectivity index (χ4v) is 1.91. The number of hydrogen-bond acceptors (Lipinski definition) is 4. The summed E-state index contributed by atoms with van der Waals surface area (Å²) in [6.45, 7) is 0.849. The van der Waals surface area contributed by atoms with Crippen LogP contribution in [0.1, 0.15) is 18.5 Å². The predicted octanol–water partition coefficient (Wildman–Crippen LogP) is 1.86. The van der Waals surface area contributed by atoms with Crippen molar-refractivity contribution >= 4 is 11.6 Å². The van der Waals surface area contributed by atoms with Crippen LogP contribution in [0.3, 0.4) is 0 Å². The minimum absolute atomic E-state index is 0.267. The normalized spacial score (nSPS) is 20.5. The summed E-state index contributed by atoms with van der Waals surface area (Å²) in [6, 6.07) is 1.79. The van der Waals surface area contributed by atoms with Gasteiger partial charge in [-0.1, -0.05) is 11.6 Å². The van der Waals surface area contributed by atoms with Crippen molar-refractivity contribution < 1.29 is 9.47 Å². The third-order valence-electron chi connectivity index (χ3n) is 2.42. The first-order valence-corrected chi connectivity index (χ1v) is 5.35. The number of hydrogen-bond donors (Lipinski definition) is 0. The summed E-state index contributed by atoms with van der Waals surface area (Å²) in [6.07, 6.45) is 3.26. The van der Waals surface area contributed by atoms with Crippen molar-refractivity contribution in [2.75, 3.05) is 13.7 Å². The van der Waals surface area contributed by atoms with E-state index in [0.29, 0.717) is 10.9 Å². The Morgan fingerprint density at radius 2 is 2.47 bits per heavy atom. The summed E-state index contributed by atoms with van der Waals surface area (Å²) in [5, 5.41) is 8.41. The van der Waals surface area contributed by atoms with Crippen LogP contribution < -0.4 is 4.74 Å². The molecule has 5 heteroatoms. The summed E-state index contributed by atoms with van der Waals surface area (Å²) >= 11 is 5.95. The van der Waals surface area contributed by atoms with Crippen molar-refractivity contribution in [3.8, 4) is 5.88 Å². The van der Waals surface area contributed by atoms with E-state index >= 15 is 0 Å². The van der Waals surface area contributed by atoms with Crippen LogP contribution in [-0.4, -0.2) is 30.0 Å². The highest BCUT2D eigenvalue weighted by molar-refractivity contribution is 6.31. The largest absolute Gasteiger partial charge is 0.479 e. The molecule has 0 aliphatic carbocycles. The molecule has 1 fully saturated rings. The van der Waals surface area contributed by atoms with Crippen molar-refractivity contribution in [2.45, 2.75) is 25.4 Å². The van der Waals surface area contributed by atoms with Gasteiger partial charge in [0.2, 0.25) is 0 Å². The molecule has 0 spiro atoms. The van der Waals surface area contributed by atoms with Gasteiger partial charge in [0.15, 0.2) is 0 Å². The van der Waals surface area contributed by atoms with E-state index in [2.05, 4.69) is 10.2 Å². The molecule has 0 N–H and O–H groups in total. The van der Waals surface area contributed by atoms with Gasteiger partial charge in [-0.05, 0) is 18.9 Å². The Balaban J connectivity index is 2.05. The first-order valence-electron chi connectivity index (χ1n) is 4.97. The molecule has 0 bridgehead atoms. The van der Waals surface area contributed by atoms with Gasteiger partial charge in [0.05, 0.1) is 18.9 Å². The van der Waals surface area contributed by atoms with E-state index in [1.54, 1.807) is 6.07 Å². The molecule has 1 saturated heterocycles. The number of nitrogens with zero attached hydrogens (tertiary/aromatic N) is 2. The first kappa shape index (κ1) is 10.6. The highest BCUT2D eigenvalue weighted by Gasteiger charge is 2.17. The Labute approximate surface area is 93.6 Å². The van der Waals surface area contributed by atoms with Crippen LogP contribution in [0.5, 0.6) is 5.88 Å². The number of methoxy groups -OCH3 is 1. The molecule has 1 aromatic rings. The lowest BCUT2D eigenvalue weighted by atomic mass is 10.1. The Kier molecular flexibility index (Phi) is 3.38. The average Bonchev–Trinajstić information content (AvgIpc) is 2.71. The summed E-state index contributed by atoms with van der Waals surface area (Å²) in [7, 11) is 1.52. The van der Waals surface area contributed by atoms with E-state index in [1.807, 2.05) is 0 Å². The molecular formula is C10H13ClN2O2. The Bertz CT molecular complexity index is 340. The van der Waals surface area contributed by atoms with E-state index in [9.17, 15) is 0 Å². The summed E-state index contributed by atoms with van der Waals surface area (Å²) in [5.74, 6) is 0.368. The zero-order valence-electron chi connectivity index (χ0n) is 8.57. The quantitative estimate of drug-likeness (QED) is 0.792. The molecule has 2 rings (SSSR count). The number of ether oxygens (including phenoxy) is 2. The molecule has 2 heterocycles. The van der Waals surface area contributed by atoms with E-state index in [1.165, 1.54) is 7.11 Å². The topological polar surface area (TPSA) is 44.2 Å². The molecule has 1 aliphatic rings. The van der Waals surface area contributed by atoms with Crippen molar-refractivity contribution in [2.24, 2.45) is 0 Å². The lowest BCUT2D eigenvalue weighted by molar-refractivity contribution is 0.110. The molecule has 1 unspecified atom stereocenters. The second-order valence-corrected chi connectivity index (χ2v) is 3.94. The van der Waals surface area contributed by atoms with Crippen LogP contribution in [0, 0.1) is 0 Å². The molecule has 4 nitrogen and oxygen atoms in total. The molecule has 0 aromatic carbocycles. The van der Waals surface area contributed by atoms with E-state index in [4.69, 9.17) is 21.1 Å². The Hall–Kier alpha value is -0.870. The molecule has 1 atom stereocenters. The minimum atomic E-state index is 0.267. The molecule has 0 saturated carbocycles. The maximum atomic E-state index is 5.95. The lowest BCUT2D eigenvalue weighted by Crippen LogP contribution is -2.10. The van der Waals surface area contributed by atoms with Crippen LogP contribution in [0.4, 0.5) is 0 Å². The zero-order valence-corrected chi connectivity index (χ0v) is 9.33. The van der Waals surface area contributed by atoms with E-state index in [-0.39, 0.29) is 6.10 Å². The lowest BCUT2D eigenvalue weighted by Gasteiger charge is -2.08.